The molecule has 0 amide bonds. The maximum absolute atomic E-state index is 11.7. The Bertz CT molecular complexity index is 748. The Morgan fingerprint density at radius 2 is 1.59 bits per heavy atom. The number of hydrogen-bond donors (Lipinski definition) is 1. The van der Waals surface area contributed by atoms with E-state index in [2.05, 4.69) is 13.8 Å². The lowest BCUT2D eigenvalue weighted by Crippen LogP contribution is -2.04. The summed E-state index contributed by atoms with van der Waals surface area (Å²) in [6, 6.07) is 9.64. The quantitative estimate of drug-likeness (QED) is 0.747. The molecule has 3 nitrogen and oxygen atoms in total. The first-order valence-electron chi connectivity index (χ1n) is 7.99. The topological polar surface area (TPSA) is 54.4 Å². The van der Waals surface area contributed by atoms with E-state index in [1.54, 1.807) is 6.07 Å². The lowest BCUT2D eigenvalue weighted by molar-refractivity contribution is 0.482. The van der Waals surface area contributed by atoms with Crippen molar-refractivity contribution in [1.82, 2.24) is 0 Å². The molecule has 0 unspecified atom stereocenters. The summed E-state index contributed by atoms with van der Waals surface area (Å²) in [5, 5.41) is 1.98. The average molecular weight is 320 g/mol. The van der Waals surface area contributed by atoms with Gasteiger partial charge in [0.15, 0.2) is 0 Å². The van der Waals surface area contributed by atoms with E-state index in [4.69, 9.17) is 0 Å². The summed E-state index contributed by atoms with van der Waals surface area (Å²) in [7, 11) is -4.19. The van der Waals surface area contributed by atoms with Gasteiger partial charge in [-0.2, -0.15) is 8.42 Å². The van der Waals surface area contributed by atoms with Crippen molar-refractivity contribution in [2.45, 2.75) is 57.3 Å². The molecule has 4 heteroatoms. The van der Waals surface area contributed by atoms with Crippen LogP contribution in [0.3, 0.4) is 0 Å². The fourth-order valence-corrected chi connectivity index (χ4v) is 3.56. The molecule has 1 N–H and O–H groups in total. The van der Waals surface area contributed by atoms with Crippen molar-refractivity contribution >= 4 is 20.9 Å². The number of unbranched alkanes of at least 4 members (excludes halogenated alkanes) is 2. The van der Waals surface area contributed by atoms with Crippen LogP contribution in [0.15, 0.2) is 35.2 Å². The van der Waals surface area contributed by atoms with Crippen molar-refractivity contribution in [2.75, 3.05) is 0 Å². The van der Waals surface area contributed by atoms with Crippen LogP contribution >= 0.6 is 0 Å². The van der Waals surface area contributed by atoms with Crippen molar-refractivity contribution in [3.05, 3.63) is 41.5 Å². The Morgan fingerprint density at radius 3 is 2.18 bits per heavy atom. The van der Waals surface area contributed by atoms with Crippen molar-refractivity contribution in [2.24, 2.45) is 0 Å². The summed E-state index contributed by atoms with van der Waals surface area (Å²) in [6.45, 7) is 4.20. The van der Waals surface area contributed by atoms with Crippen LogP contribution in [-0.4, -0.2) is 13.0 Å². The molecule has 120 valence electrons. The molecule has 22 heavy (non-hydrogen) atoms. The number of benzene rings is 2. The first kappa shape index (κ1) is 17.0. The van der Waals surface area contributed by atoms with Crippen LogP contribution in [0.5, 0.6) is 0 Å². The third kappa shape index (κ3) is 3.87. The van der Waals surface area contributed by atoms with Crippen molar-refractivity contribution < 1.29 is 13.0 Å². The minimum atomic E-state index is -4.19. The third-order valence-electron chi connectivity index (χ3n) is 4.03. The highest BCUT2D eigenvalue weighted by Gasteiger charge is 2.17. The van der Waals surface area contributed by atoms with Gasteiger partial charge >= 0.3 is 0 Å². The van der Waals surface area contributed by atoms with Gasteiger partial charge in [-0.25, -0.2) is 0 Å². The lowest BCUT2D eigenvalue weighted by Gasteiger charge is -2.12. The zero-order chi connectivity index (χ0) is 16.2. The van der Waals surface area contributed by atoms with Crippen molar-refractivity contribution in [3.63, 3.8) is 0 Å². The normalized spacial score (nSPS) is 12.0. The van der Waals surface area contributed by atoms with Crippen LogP contribution in [-0.2, 0) is 23.0 Å². The standard InChI is InChI=1S/C18H24O3S/c1-3-5-8-14-10-7-11-15-12-16(9-6-4-2)18(13-17(14)15)22(19,20)21/h7,10-13H,3-6,8-9H2,1-2H3,(H,19,20,21). The monoisotopic (exact) mass is 320 g/mol. The molecular weight excluding hydrogens is 296 g/mol. The number of aryl methyl sites for hydroxylation is 2. The highest BCUT2D eigenvalue weighted by atomic mass is 32.2. The van der Waals surface area contributed by atoms with E-state index >= 15 is 0 Å². The third-order valence-corrected chi connectivity index (χ3v) is 4.96. The van der Waals surface area contributed by atoms with E-state index in [9.17, 15) is 13.0 Å². The van der Waals surface area contributed by atoms with E-state index in [-0.39, 0.29) is 4.90 Å². The van der Waals surface area contributed by atoms with Crippen molar-refractivity contribution in [1.29, 1.82) is 0 Å². The Morgan fingerprint density at radius 1 is 0.955 bits per heavy atom. The van der Waals surface area contributed by atoms with Crippen LogP contribution in [0.4, 0.5) is 0 Å². The molecule has 0 heterocycles. The van der Waals surface area contributed by atoms with Gasteiger partial charge in [0.1, 0.15) is 0 Å². The molecule has 0 saturated carbocycles. The van der Waals surface area contributed by atoms with Gasteiger partial charge < -0.3 is 0 Å². The largest absolute Gasteiger partial charge is 0.294 e. The van der Waals surface area contributed by atoms with Gasteiger partial charge in [-0.05, 0) is 59.7 Å². The number of hydrogen-bond acceptors (Lipinski definition) is 2. The summed E-state index contributed by atoms with van der Waals surface area (Å²) in [6.07, 6.45) is 5.64. The molecule has 0 saturated heterocycles. The van der Waals surface area contributed by atoms with Crippen LogP contribution in [0.25, 0.3) is 10.8 Å². The molecule has 2 aromatic rings. The molecule has 2 rings (SSSR count). The molecule has 0 spiro atoms. The molecule has 0 fully saturated rings. The van der Waals surface area contributed by atoms with E-state index in [0.29, 0.717) is 12.0 Å². The summed E-state index contributed by atoms with van der Waals surface area (Å²) in [5.41, 5.74) is 1.86. The Balaban J connectivity index is 2.61. The van der Waals surface area contributed by atoms with Crippen LogP contribution in [0.2, 0.25) is 0 Å². The first-order valence-corrected chi connectivity index (χ1v) is 9.43. The van der Waals surface area contributed by atoms with E-state index in [1.165, 1.54) is 0 Å². The summed E-state index contributed by atoms with van der Waals surface area (Å²) in [5.74, 6) is 0. The predicted octanol–water partition coefficient (Wildman–Crippen LogP) is 4.77. The predicted molar refractivity (Wildman–Crippen MR) is 91.0 cm³/mol. The highest BCUT2D eigenvalue weighted by molar-refractivity contribution is 7.85. The van der Waals surface area contributed by atoms with Gasteiger partial charge in [0.05, 0.1) is 4.90 Å². The Hall–Kier alpha value is -1.39. The average Bonchev–Trinajstić information content (AvgIpc) is 2.48. The summed E-state index contributed by atoms with van der Waals surface area (Å²) >= 11 is 0. The van der Waals surface area contributed by atoms with Crippen molar-refractivity contribution in [3.8, 4) is 0 Å². The second-order valence-electron chi connectivity index (χ2n) is 5.78. The van der Waals surface area contributed by atoms with Gasteiger partial charge in [-0.15, -0.1) is 0 Å². The molecule has 0 atom stereocenters. The SMILES string of the molecule is CCCCc1cc2cccc(CCCC)c2cc1S(=O)(=O)O. The molecule has 0 aliphatic rings. The maximum Gasteiger partial charge on any atom is 0.294 e. The van der Waals surface area contributed by atoms with Gasteiger partial charge in [0, 0.05) is 0 Å². The van der Waals surface area contributed by atoms with Gasteiger partial charge in [-0.3, -0.25) is 4.55 Å². The van der Waals surface area contributed by atoms with Crippen LogP contribution in [0, 0.1) is 0 Å². The zero-order valence-corrected chi connectivity index (χ0v) is 14.1. The molecule has 0 bridgehead atoms. The van der Waals surface area contributed by atoms with E-state index in [0.717, 1.165) is 48.4 Å². The van der Waals surface area contributed by atoms with Gasteiger partial charge in [0.2, 0.25) is 0 Å². The van der Waals surface area contributed by atoms with Gasteiger partial charge in [0.25, 0.3) is 10.1 Å². The first-order chi connectivity index (χ1) is 10.5. The lowest BCUT2D eigenvalue weighted by atomic mass is 9.97. The summed E-state index contributed by atoms with van der Waals surface area (Å²) < 4.78 is 33.1. The fraction of sp³-hybridized carbons (Fsp3) is 0.444. The second-order valence-corrected chi connectivity index (χ2v) is 7.17. The molecule has 0 radical (unpaired) electrons. The van der Waals surface area contributed by atoms with Gasteiger partial charge in [-0.1, -0.05) is 44.9 Å². The maximum atomic E-state index is 11.7. The Kier molecular flexibility index (Phi) is 5.59. The molecule has 0 aromatic heterocycles. The zero-order valence-electron chi connectivity index (χ0n) is 13.3. The number of fused-ring (bicyclic) bond motifs is 1. The van der Waals surface area contributed by atoms with Crippen LogP contribution in [0.1, 0.15) is 50.7 Å². The molecule has 2 aromatic carbocycles. The Labute approximate surface area is 133 Å². The van der Waals surface area contributed by atoms with E-state index < -0.39 is 10.1 Å². The minimum Gasteiger partial charge on any atom is -0.282 e. The highest BCUT2D eigenvalue weighted by Crippen LogP contribution is 2.28. The number of rotatable bonds is 7. The minimum absolute atomic E-state index is 0.0670. The molecular formula is C18H24O3S. The molecule has 0 aliphatic carbocycles. The fourth-order valence-electron chi connectivity index (χ4n) is 2.81. The smallest absolute Gasteiger partial charge is 0.282 e. The summed E-state index contributed by atoms with van der Waals surface area (Å²) in [4.78, 5) is 0.0670. The molecule has 0 aliphatic heterocycles. The van der Waals surface area contributed by atoms with Crippen LogP contribution < -0.4 is 0 Å². The van der Waals surface area contributed by atoms with E-state index in [1.807, 2.05) is 24.3 Å². The second kappa shape index (κ2) is 7.25.